The normalized spacial score (nSPS) is 14.3. The topological polar surface area (TPSA) is 186 Å². The van der Waals surface area contributed by atoms with Gasteiger partial charge in [-0.3, -0.25) is 9.78 Å². The molecule has 3 aromatic heterocycles. The van der Waals surface area contributed by atoms with Crippen molar-refractivity contribution < 1.29 is 51.9 Å². The molecular weight excluding hydrogens is 752 g/mol. The molecule has 1 aliphatic heterocycles. The van der Waals surface area contributed by atoms with E-state index >= 15 is 0 Å². The lowest BCUT2D eigenvalue weighted by Gasteiger charge is -2.32. The zero-order valence-electron chi connectivity index (χ0n) is 34.8. The van der Waals surface area contributed by atoms with Crippen molar-refractivity contribution >= 4 is 27.8 Å². The molecule has 1 aliphatic rings. The number of hydrogen-bond acceptors (Lipinski definition) is 15. The number of nitrogens with two attached hydrogens (primary N) is 1. The van der Waals surface area contributed by atoms with Crippen LogP contribution in [-0.2, 0) is 42.7 Å². The van der Waals surface area contributed by atoms with Gasteiger partial charge >= 0.3 is 0 Å². The number of carbonyl (C=O) groups excluding carboxylic acids is 1. The maximum absolute atomic E-state index is 13.0. The maximum atomic E-state index is 13.0. The Balaban J connectivity index is 1.01. The highest BCUT2D eigenvalue weighted by Gasteiger charge is 2.30. The number of carbonyl (C=O) groups is 1. The third-order valence-corrected chi connectivity index (χ3v) is 9.95. The van der Waals surface area contributed by atoms with Crippen LogP contribution in [0.15, 0.2) is 22.9 Å². The van der Waals surface area contributed by atoms with Gasteiger partial charge in [0.25, 0.3) is 0 Å². The molecule has 0 spiro atoms. The van der Waals surface area contributed by atoms with Gasteiger partial charge < -0.3 is 62.4 Å². The summed E-state index contributed by atoms with van der Waals surface area (Å²) in [4.78, 5) is 24.9. The minimum absolute atomic E-state index is 0.00540. The number of pyridine rings is 1. The van der Waals surface area contributed by atoms with Crippen LogP contribution < -0.4 is 10.5 Å². The fourth-order valence-corrected chi connectivity index (χ4v) is 7.14. The molecule has 17 nitrogen and oxygen atoms in total. The molecule has 2 N–H and O–H groups in total. The first kappa shape index (κ1) is 45.3. The summed E-state index contributed by atoms with van der Waals surface area (Å²) in [7, 11) is 3.38. The van der Waals surface area contributed by atoms with E-state index in [1.54, 1.807) is 14.2 Å². The number of aromatic nitrogens is 4. The Bertz CT molecular complexity index is 1810. The van der Waals surface area contributed by atoms with Crippen molar-refractivity contribution in [2.24, 2.45) is 5.73 Å². The summed E-state index contributed by atoms with van der Waals surface area (Å²) in [6.45, 7) is 14.4. The molecule has 1 fully saturated rings. The van der Waals surface area contributed by atoms with Crippen molar-refractivity contribution in [3.63, 3.8) is 0 Å². The zero-order chi connectivity index (χ0) is 41.1. The lowest BCUT2D eigenvalue weighted by atomic mass is 9.95. The fourth-order valence-electron chi connectivity index (χ4n) is 7.14. The zero-order valence-corrected chi connectivity index (χ0v) is 34.8. The molecule has 17 heteroatoms. The number of nitrogens with zero attached hydrogens (tertiary/aromatic N) is 5. The smallest absolute Gasteiger partial charge is 0.248 e. The van der Waals surface area contributed by atoms with Gasteiger partial charge in [-0.2, -0.15) is 0 Å². The molecule has 322 valence electrons. The van der Waals surface area contributed by atoms with Crippen LogP contribution in [0.4, 0.5) is 0 Å². The predicted molar refractivity (Wildman–Crippen MR) is 216 cm³/mol. The monoisotopic (exact) mass is 814 g/mol. The van der Waals surface area contributed by atoms with Crippen LogP contribution in [0.5, 0.6) is 5.75 Å². The Morgan fingerprint density at radius 2 is 1.40 bits per heavy atom. The molecule has 58 heavy (non-hydrogen) atoms. The van der Waals surface area contributed by atoms with Crippen molar-refractivity contribution in [1.29, 1.82) is 0 Å². The van der Waals surface area contributed by atoms with Gasteiger partial charge in [0.05, 0.1) is 134 Å². The first-order valence-electron chi connectivity index (χ1n) is 20.2. The second-order valence-corrected chi connectivity index (χ2v) is 14.1. The van der Waals surface area contributed by atoms with E-state index in [1.165, 1.54) is 0 Å². The fraction of sp³-hybridized carbons (Fsp3) is 0.659. The SMILES string of the molecule is COCC(C)n1c(C2CCN(C(=O)COCCOCCOCCOCCOCCOCCOCCN)CC2)nc2cnc3cc(-c4c(C)noc4C)c(OC)cc3c21. The van der Waals surface area contributed by atoms with Crippen molar-refractivity contribution in [2.75, 3.05) is 133 Å². The Kier molecular flexibility index (Phi) is 19.0. The van der Waals surface area contributed by atoms with Crippen molar-refractivity contribution in [3.8, 4) is 16.9 Å². The molecule has 0 bridgehead atoms. The highest BCUT2D eigenvalue weighted by Crippen LogP contribution is 2.41. The van der Waals surface area contributed by atoms with E-state index in [0.29, 0.717) is 118 Å². The summed E-state index contributed by atoms with van der Waals surface area (Å²) in [5, 5.41) is 5.09. The number of rotatable bonds is 28. The van der Waals surface area contributed by atoms with Crippen molar-refractivity contribution in [1.82, 2.24) is 24.6 Å². The van der Waals surface area contributed by atoms with Crippen LogP contribution in [0.3, 0.4) is 0 Å². The van der Waals surface area contributed by atoms with E-state index in [2.05, 4.69) is 16.6 Å². The number of likely N-dealkylation sites (tertiary alicyclic amines) is 1. The molecular formula is C41H62N6O11. The quantitative estimate of drug-likeness (QED) is 0.0815. The standard InChI is InChI=1S/C41H62N6O11/c1-29(27-49-4)47-40-33-25-37(50-5)34(39-30(2)45-58-31(39)3)24-35(33)43-26-36(40)44-41(47)32-6-9-46(10-7-32)38(48)28-57-23-22-56-21-20-55-19-18-54-17-16-53-15-14-52-13-12-51-11-8-42/h24-26,29,32H,6-23,27-28,42H2,1-5H3. The molecule has 4 heterocycles. The highest BCUT2D eigenvalue weighted by atomic mass is 16.6. The number of piperidine rings is 1. The van der Waals surface area contributed by atoms with Gasteiger partial charge in [-0.05, 0) is 45.7 Å². The molecule has 1 aromatic carbocycles. The molecule has 0 radical (unpaired) electrons. The Morgan fingerprint density at radius 3 is 1.91 bits per heavy atom. The van der Waals surface area contributed by atoms with Gasteiger partial charge in [0, 0.05) is 43.6 Å². The minimum atomic E-state index is -0.0256. The van der Waals surface area contributed by atoms with E-state index in [-0.39, 0.29) is 24.5 Å². The molecule has 0 saturated carbocycles. The number of fused-ring (bicyclic) bond motifs is 3. The van der Waals surface area contributed by atoms with Crippen molar-refractivity contribution in [3.05, 3.63) is 35.6 Å². The number of amides is 1. The third kappa shape index (κ3) is 12.6. The van der Waals surface area contributed by atoms with Gasteiger partial charge in [0.1, 0.15) is 29.5 Å². The average molecular weight is 815 g/mol. The van der Waals surface area contributed by atoms with Crippen LogP contribution >= 0.6 is 0 Å². The van der Waals surface area contributed by atoms with E-state index in [1.807, 2.05) is 37.1 Å². The minimum Gasteiger partial charge on any atom is -0.496 e. The number of hydrogen-bond donors (Lipinski definition) is 1. The first-order chi connectivity index (χ1) is 28.4. The number of methoxy groups -OCH3 is 2. The van der Waals surface area contributed by atoms with Crippen LogP contribution in [0, 0.1) is 13.8 Å². The van der Waals surface area contributed by atoms with Gasteiger partial charge in [0.2, 0.25) is 5.91 Å². The highest BCUT2D eigenvalue weighted by molar-refractivity contribution is 6.05. The number of aryl methyl sites for hydroxylation is 2. The van der Waals surface area contributed by atoms with Gasteiger partial charge in [-0.15, -0.1) is 0 Å². The Morgan fingerprint density at radius 1 is 0.828 bits per heavy atom. The second-order valence-electron chi connectivity index (χ2n) is 14.1. The number of imidazole rings is 1. The van der Waals surface area contributed by atoms with Gasteiger partial charge in [-0.1, -0.05) is 5.16 Å². The van der Waals surface area contributed by atoms with Crippen molar-refractivity contribution in [2.45, 2.75) is 45.6 Å². The molecule has 4 aromatic rings. The lowest BCUT2D eigenvalue weighted by Crippen LogP contribution is -2.40. The first-order valence-corrected chi connectivity index (χ1v) is 20.2. The number of benzene rings is 1. The third-order valence-electron chi connectivity index (χ3n) is 9.95. The summed E-state index contributed by atoms with van der Waals surface area (Å²) in [6.07, 6.45) is 3.40. The predicted octanol–water partition coefficient (Wildman–Crippen LogP) is 3.85. The summed E-state index contributed by atoms with van der Waals surface area (Å²) in [5.74, 6) is 2.53. The molecule has 0 aliphatic carbocycles. The summed E-state index contributed by atoms with van der Waals surface area (Å²) in [5.41, 5.74) is 10.5. The maximum Gasteiger partial charge on any atom is 0.248 e. The Labute approximate surface area is 340 Å². The van der Waals surface area contributed by atoms with E-state index in [9.17, 15) is 4.79 Å². The van der Waals surface area contributed by atoms with Crippen LogP contribution in [-0.4, -0.2) is 163 Å². The van der Waals surface area contributed by atoms with E-state index < -0.39 is 0 Å². The molecule has 1 atom stereocenters. The lowest BCUT2D eigenvalue weighted by molar-refractivity contribution is -0.137. The average Bonchev–Trinajstić information content (AvgIpc) is 3.80. The van der Waals surface area contributed by atoms with Crippen LogP contribution in [0.2, 0.25) is 0 Å². The summed E-state index contributed by atoms with van der Waals surface area (Å²) >= 11 is 0. The largest absolute Gasteiger partial charge is 0.496 e. The summed E-state index contributed by atoms with van der Waals surface area (Å²) in [6, 6.07) is 4.08. The van der Waals surface area contributed by atoms with Crippen LogP contribution in [0.1, 0.15) is 49.0 Å². The molecule has 1 saturated heterocycles. The Hall–Kier alpha value is -3.78. The summed E-state index contributed by atoms with van der Waals surface area (Å²) < 4.78 is 57.7. The molecule has 1 unspecified atom stereocenters. The second kappa shape index (κ2) is 24.3. The van der Waals surface area contributed by atoms with E-state index in [4.69, 9.17) is 62.9 Å². The molecule has 1 amide bonds. The van der Waals surface area contributed by atoms with E-state index in [0.717, 1.165) is 63.2 Å². The van der Waals surface area contributed by atoms with Crippen LogP contribution in [0.25, 0.3) is 33.1 Å². The van der Waals surface area contributed by atoms with Gasteiger partial charge in [0.15, 0.2) is 0 Å². The molecule has 5 rings (SSSR count). The van der Waals surface area contributed by atoms with Gasteiger partial charge in [-0.25, -0.2) is 4.98 Å². The number of ether oxygens (including phenoxy) is 9.